The van der Waals surface area contributed by atoms with Crippen LogP contribution in [0.4, 0.5) is 11.4 Å². The van der Waals surface area contributed by atoms with E-state index in [9.17, 15) is 14.9 Å². The normalized spacial score (nSPS) is 14.6. The number of nitro benzene ring substituents is 1. The molecule has 160 valence electrons. The molecular formula is C24H18ClN3O4. The van der Waals surface area contributed by atoms with Crippen LogP contribution >= 0.6 is 11.6 Å². The van der Waals surface area contributed by atoms with Gasteiger partial charge in [-0.05, 0) is 67.1 Å². The fourth-order valence-electron chi connectivity index (χ4n) is 3.29. The largest absolute Gasteiger partial charge is 0.494 e. The highest BCUT2D eigenvalue weighted by Gasteiger charge is 2.33. The van der Waals surface area contributed by atoms with Gasteiger partial charge in [0.1, 0.15) is 17.3 Å². The van der Waals surface area contributed by atoms with Crippen molar-refractivity contribution in [3.63, 3.8) is 0 Å². The van der Waals surface area contributed by atoms with Gasteiger partial charge in [0.25, 0.3) is 11.6 Å². The summed E-state index contributed by atoms with van der Waals surface area (Å²) in [5, 5.41) is 11.4. The Kier molecular flexibility index (Phi) is 6.00. The minimum Gasteiger partial charge on any atom is -0.494 e. The number of aliphatic imine (C=N–C) groups is 1. The van der Waals surface area contributed by atoms with E-state index in [1.54, 1.807) is 60.7 Å². The highest BCUT2D eigenvalue weighted by Crippen LogP contribution is 2.31. The van der Waals surface area contributed by atoms with Crippen molar-refractivity contribution in [2.24, 2.45) is 4.99 Å². The Morgan fingerprint density at radius 2 is 1.75 bits per heavy atom. The third kappa shape index (κ3) is 4.24. The molecule has 4 rings (SSSR count). The van der Waals surface area contributed by atoms with Crippen molar-refractivity contribution in [2.45, 2.75) is 6.92 Å². The predicted octanol–water partition coefficient (Wildman–Crippen LogP) is 5.48. The van der Waals surface area contributed by atoms with Gasteiger partial charge in [-0.1, -0.05) is 23.7 Å². The maximum Gasteiger partial charge on any atom is 0.282 e. The maximum atomic E-state index is 13.4. The van der Waals surface area contributed by atoms with Crippen LogP contribution in [0.2, 0.25) is 5.02 Å². The van der Waals surface area contributed by atoms with E-state index in [-0.39, 0.29) is 17.3 Å². The molecule has 8 heteroatoms. The predicted molar refractivity (Wildman–Crippen MR) is 124 cm³/mol. The molecule has 7 nitrogen and oxygen atoms in total. The number of rotatable bonds is 6. The van der Waals surface area contributed by atoms with E-state index in [1.165, 1.54) is 17.0 Å². The van der Waals surface area contributed by atoms with E-state index in [2.05, 4.69) is 4.99 Å². The fourth-order valence-corrected chi connectivity index (χ4v) is 3.51. The van der Waals surface area contributed by atoms with Gasteiger partial charge in [0, 0.05) is 17.7 Å². The van der Waals surface area contributed by atoms with Crippen molar-refractivity contribution in [2.75, 3.05) is 11.5 Å². The van der Waals surface area contributed by atoms with Gasteiger partial charge in [0.15, 0.2) is 0 Å². The van der Waals surface area contributed by atoms with Crippen molar-refractivity contribution in [1.29, 1.82) is 0 Å². The van der Waals surface area contributed by atoms with E-state index in [0.717, 1.165) is 0 Å². The monoisotopic (exact) mass is 447 g/mol. The number of halogens is 1. The van der Waals surface area contributed by atoms with E-state index in [0.29, 0.717) is 40.0 Å². The maximum absolute atomic E-state index is 13.4. The zero-order valence-electron chi connectivity index (χ0n) is 17.1. The van der Waals surface area contributed by atoms with Gasteiger partial charge in [0.05, 0.1) is 22.2 Å². The number of nitrogens with zero attached hydrogens (tertiary/aromatic N) is 3. The Labute approximate surface area is 189 Å². The summed E-state index contributed by atoms with van der Waals surface area (Å²) < 4.78 is 5.49. The topological polar surface area (TPSA) is 85.0 Å². The van der Waals surface area contributed by atoms with Crippen molar-refractivity contribution < 1.29 is 14.5 Å². The lowest BCUT2D eigenvalue weighted by atomic mass is 10.1. The summed E-state index contributed by atoms with van der Waals surface area (Å²) in [6, 6.07) is 20.2. The molecule has 0 atom stereocenters. The Bertz CT molecular complexity index is 1230. The van der Waals surface area contributed by atoms with Gasteiger partial charge in [-0.25, -0.2) is 4.99 Å². The number of hydrogen-bond acceptors (Lipinski definition) is 5. The van der Waals surface area contributed by atoms with Gasteiger partial charge in [-0.3, -0.25) is 19.8 Å². The second kappa shape index (κ2) is 9.03. The lowest BCUT2D eigenvalue weighted by Gasteiger charge is -2.19. The van der Waals surface area contributed by atoms with Crippen molar-refractivity contribution >= 4 is 40.8 Å². The summed E-state index contributed by atoms with van der Waals surface area (Å²) in [4.78, 5) is 29.8. The second-order valence-corrected chi connectivity index (χ2v) is 7.27. The van der Waals surface area contributed by atoms with Gasteiger partial charge < -0.3 is 4.74 Å². The average Bonchev–Trinajstić information content (AvgIpc) is 3.11. The molecular weight excluding hydrogens is 430 g/mol. The SMILES string of the molecule is CCOc1ccc(N2C(=O)/C(=C\c3ccc([N+](=O)[O-])cc3)N=C2c2ccccc2Cl)cc1. The summed E-state index contributed by atoms with van der Waals surface area (Å²) in [6.07, 6.45) is 1.59. The molecule has 3 aromatic carbocycles. The number of nitro groups is 1. The number of amidine groups is 1. The first kappa shape index (κ1) is 21.3. The molecule has 3 aromatic rings. The van der Waals surface area contributed by atoms with Crippen LogP contribution in [0.5, 0.6) is 5.75 Å². The first-order chi connectivity index (χ1) is 15.5. The van der Waals surface area contributed by atoms with Crippen LogP contribution in [0.3, 0.4) is 0 Å². The van der Waals surface area contributed by atoms with Crippen LogP contribution in [0.25, 0.3) is 6.08 Å². The van der Waals surface area contributed by atoms with Crippen molar-refractivity contribution in [3.8, 4) is 5.75 Å². The van der Waals surface area contributed by atoms with Crippen LogP contribution in [0.15, 0.2) is 83.5 Å². The number of carbonyl (C=O) groups excluding carboxylic acids is 1. The molecule has 0 radical (unpaired) electrons. The Morgan fingerprint density at radius 1 is 1.06 bits per heavy atom. The zero-order valence-corrected chi connectivity index (χ0v) is 17.8. The van der Waals surface area contributed by atoms with Crippen LogP contribution in [-0.2, 0) is 4.79 Å². The van der Waals surface area contributed by atoms with Gasteiger partial charge in [-0.2, -0.15) is 0 Å². The van der Waals surface area contributed by atoms with Gasteiger partial charge >= 0.3 is 0 Å². The molecule has 0 bridgehead atoms. The Balaban J connectivity index is 1.77. The molecule has 1 aliphatic heterocycles. The third-order valence-electron chi connectivity index (χ3n) is 4.79. The minimum atomic E-state index is -0.473. The molecule has 0 aliphatic carbocycles. The van der Waals surface area contributed by atoms with Crippen LogP contribution in [0, 0.1) is 10.1 Å². The highest BCUT2D eigenvalue weighted by molar-refractivity contribution is 6.39. The summed E-state index contributed by atoms with van der Waals surface area (Å²) in [5.74, 6) is 0.765. The summed E-state index contributed by atoms with van der Waals surface area (Å²) in [5.41, 5.74) is 2.02. The number of non-ortho nitro benzene ring substituents is 1. The third-order valence-corrected chi connectivity index (χ3v) is 5.12. The fraction of sp³-hybridized carbons (Fsp3) is 0.0833. The standard InChI is InChI=1S/C24H18ClN3O4/c1-2-32-19-13-11-17(12-14-19)27-23(20-5-3-4-6-21(20)25)26-22(24(27)29)15-16-7-9-18(10-8-16)28(30)31/h3-15H,2H2,1H3/b22-15+. The van der Waals surface area contributed by atoms with E-state index >= 15 is 0 Å². The molecule has 32 heavy (non-hydrogen) atoms. The number of hydrogen-bond donors (Lipinski definition) is 0. The Hall–Kier alpha value is -3.97. The lowest BCUT2D eigenvalue weighted by molar-refractivity contribution is -0.384. The molecule has 0 saturated carbocycles. The van der Waals surface area contributed by atoms with Crippen LogP contribution < -0.4 is 9.64 Å². The number of carbonyl (C=O) groups is 1. The average molecular weight is 448 g/mol. The minimum absolute atomic E-state index is 0.0267. The van der Waals surface area contributed by atoms with Crippen LogP contribution in [-0.4, -0.2) is 23.3 Å². The molecule has 0 saturated heterocycles. The summed E-state index contributed by atoms with van der Waals surface area (Å²) >= 11 is 6.40. The van der Waals surface area contributed by atoms with E-state index in [1.807, 2.05) is 13.0 Å². The molecule has 0 spiro atoms. The van der Waals surface area contributed by atoms with E-state index in [4.69, 9.17) is 16.3 Å². The van der Waals surface area contributed by atoms with Crippen LogP contribution in [0.1, 0.15) is 18.1 Å². The van der Waals surface area contributed by atoms with Crippen molar-refractivity contribution in [3.05, 3.63) is 105 Å². The molecule has 0 N–H and O–H groups in total. The number of benzene rings is 3. The van der Waals surface area contributed by atoms with Gasteiger partial charge in [-0.15, -0.1) is 0 Å². The summed E-state index contributed by atoms with van der Waals surface area (Å²) in [7, 11) is 0. The first-order valence-corrected chi connectivity index (χ1v) is 10.2. The molecule has 1 aliphatic rings. The van der Waals surface area contributed by atoms with Gasteiger partial charge in [0.2, 0.25) is 0 Å². The Morgan fingerprint density at radius 3 is 2.38 bits per heavy atom. The smallest absolute Gasteiger partial charge is 0.282 e. The number of anilines is 1. The summed E-state index contributed by atoms with van der Waals surface area (Å²) in [6.45, 7) is 2.44. The quantitative estimate of drug-likeness (QED) is 0.284. The van der Waals surface area contributed by atoms with Crippen molar-refractivity contribution in [1.82, 2.24) is 0 Å². The second-order valence-electron chi connectivity index (χ2n) is 6.86. The molecule has 0 unspecified atom stereocenters. The first-order valence-electron chi connectivity index (χ1n) is 9.85. The molecule has 1 heterocycles. The molecule has 0 fully saturated rings. The number of amides is 1. The molecule has 1 amide bonds. The lowest BCUT2D eigenvalue weighted by Crippen LogP contribution is -2.32. The number of ether oxygens (including phenoxy) is 1. The highest BCUT2D eigenvalue weighted by atomic mass is 35.5. The van der Waals surface area contributed by atoms with E-state index < -0.39 is 4.92 Å². The zero-order chi connectivity index (χ0) is 22.7. The molecule has 0 aromatic heterocycles.